The third-order valence-electron chi connectivity index (χ3n) is 10.7. The van der Waals surface area contributed by atoms with Crippen molar-refractivity contribution in [3.05, 3.63) is 70.6 Å². The van der Waals surface area contributed by atoms with Crippen molar-refractivity contribution in [1.82, 2.24) is 20.4 Å². The number of nitrogens with zero attached hydrogens (tertiary/aromatic N) is 2. The van der Waals surface area contributed by atoms with Gasteiger partial charge < -0.3 is 25.2 Å². The first kappa shape index (κ1) is 33.1. The van der Waals surface area contributed by atoms with Crippen molar-refractivity contribution in [2.75, 3.05) is 39.9 Å². The summed E-state index contributed by atoms with van der Waals surface area (Å²) < 4.78 is 6.69. The summed E-state index contributed by atoms with van der Waals surface area (Å²) in [7, 11) is 2.32. The third-order valence-corrected chi connectivity index (χ3v) is 11.8. The number of hydrogen-bond donors (Lipinski definition) is 2. The summed E-state index contributed by atoms with van der Waals surface area (Å²) in [4.78, 5) is 33.6. The van der Waals surface area contributed by atoms with Crippen molar-refractivity contribution in [2.24, 2.45) is 0 Å². The van der Waals surface area contributed by atoms with E-state index < -0.39 is 5.54 Å². The van der Waals surface area contributed by atoms with Gasteiger partial charge in [-0.15, -0.1) is 11.3 Å². The molecule has 2 saturated heterocycles. The van der Waals surface area contributed by atoms with Gasteiger partial charge in [0.1, 0.15) is 5.54 Å². The van der Waals surface area contributed by atoms with Crippen LogP contribution in [-0.4, -0.2) is 85.2 Å². The summed E-state index contributed by atoms with van der Waals surface area (Å²) in [6.07, 6.45) is 10.8. The molecule has 0 spiro atoms. The smallest absolute Gasteiger partial charge is 0.262 e. The minimum atomic E-state index is -0.851. The van der Waals surface area contributed by atoms with Gasteiger partial charge in [-0.1, -0.05) is 55.3 Å². The second-order valence-corrected chi connectivity index (χ2v) is 15.1. The van der Waals surface area contributed by atoms with Crippen LogP contribution in [0.15, 0.2) is 54.6 Å². The predicted molar refractivity (Wildman–Crippen MR) is 188 cm³/mol. The number of hydrogen-bond acceptors (Lipinski definition) is 6. The Hall–Kier alpha value is -2.78. The summed E-state index contributed by atoms with van der Waals surface area (Å²) in [5.41, 5.74) is 1.56. The monoisotopic (exact) mass is 644 g/mol. The first-order valence-corrected chi connectivity index (χ1v) is 18.4. The second-order valence-electron chi connectivity index (χ2n) is 14.0. The van der Waals surface area contributed by atoms with Crippen molar-refractivity contribution in [2.45, 2.75) is 101 Å². The number of benzene rings is 2. The van der Waals surface area contributed by atoms with Crippen molar-refractivity contribution < 1.29 is 14.3 Å². The first-order valence-electron chi connectivity index (χ1n) is 17.6. The third kappa shape index (κ3) is 8.19. The van der Waals surface area contributed by atoms with Crippen LogP contribution in [0.25, 0.3) is 10.1 Å². The highest BCUT2D eigenvalue weighted by Gasteiger charge is 2.43. The topological polar surface area (TPSA) is 73.9 Å². The van der Waals surface area contributed by atoms with Crippen molar-refractivity contribution in [1.29, 1.82) is 0 Å². The highest BCUT2D eigenvalue weighted by Crippen LogP contribution is 2.33. The van der Waals surface area contributed by atoms with Gasteiger partial charge in [-0.25, -0.2) is 0 Å². The second kappa shape index (κ2) is 15.4. The van der Waals surface area contributed by atoms with Crippen LogP contribution < -0.4 is 10.6 Å². The molecule has 3 fully saturated rings. The molecule has 1 aliphatic carbocycles. The van der Waals surface area contributed by atoms with Gasteiger partial charge in [0.2, 0.25) is 5.91 Å². The number of nitrogens with one attached hydrogen (secondary N) is 2. The average molecular weight is 645 g/mol. The predicted octanol–water partition coefficient (Wildman–Crippen LogP) is 6.34. The van der Waals surface area contributed by atoms with E-state index in [1.54, 1.807) is 0 Å². The number of carbonyl (C=O) groups is 2. The Morgan fingerprint density at radius 3 is 2.46 bits per heavy atom. The normalized spacial score (nSPS) is 20.2. The van der Waals surface area contributed by atoms with Gasteiger partial charge in [-0.2, -0.15) is 0 Å². The van der Waals surface area contributed by atoms with Gasteiger partial charge >= 0.3 is 0 Å². The number of likely N-dealkylation sites (tertiary alicyclic amines) is 1. The quantitative estimate of drug-likeness (QED) is 0.241. The number of fused-ring (bicyclic) bond motifs is 1. The summed E-state index contributed by atoms with van der Waals surface area (Å²) in [5.74, 6) is -0.158. The fourth-order valence-corrected chi connectivity index (χ4v) is 8.92. The molecule has 248 valence electrons. The Morgan fingerprint density at radius 2 is 1.72 bits per heavy atom. The van der Waals surface area contributed by atoms with E-state index >= 15 is 0 Å². The van der Waals surface area contributed by atoms with Crippen LogP contribution >= 0.6 is 11.3 Å². The lowest BCUT2D eigenvalue weighted by molar-refractivity contribution is -0.128. The van der Waals surface area contributed by atoms with Crippen molar-refractivity contribution in [3.8, 4) is 0 Å². The molecule has 0 radical (unpaired) electrons. The van der Waals surface area contributed by atoms with Crippen LogP contribution in [-0.2, 0) is 16.0 Å². The average Bonchev–Trinajstić information content (AvgIpc) is 3.73. The fraction of sp³-hybridized carbons (Fsp3) is 0.579. The Bertz CT molecular complexity index is 1440. The molecule has 6 rings (SSSR count). The largest absolute Gasteiger partial charge is 0.381 e. The minimum Gasteiger partial charge on any atom is -0.381 e. The molecule has 1 aromatic heterocycles. The van der Waals surface area contributed by atoms with Crippen LogP contribution in [0.3, 0.4) is 0 Å². The minimum absolute atomic E-state index is 0.0202. The molecular formula is C38H52N4O3S. The SMILES string of the molecule is Cc1ccc2cc(C(=O)NC3(C(=O)N[C@@H](CCCN4CCC(N(C)C5CCOCC5)CC4)Cc4ccccc4)CCCC3)sc2c1. The number of carbonyl (C=O) groups excluding carboxylic acids is 2. The van der Waals surface area contributed by atoms with E-state index in [0.29, 0.717) is 29.8 Å². The zero-order valence-electron chi connectivity index (χ0n) is 27.8. The van der Waals surface area contributed by atoms with E-state index in [4.69, 9.17) is 4.74 Å². The van der Waals surface area contributed by atoms with E-state index in [1.165, 1.54) is 35.3 Å². The van der Waals surface area contributed by atoms with Crippen LogP contribution in [0.2, 0.25) is 0 Å². The number of thiophene rings is 1. The number of amides is 2. The van der Waals surface area contributed by atoms with E-state index in [-0.39, 0.29) is 17.9 Å². The molecule has 2 N–H and O–H groups in total. The van der Waals surface area contributed by atoms with Gasteiger partial charge in [-0.3, -0.25) is 9.59 Å². The summed E-state index contributed by atoms with van der Waals surface area (Å²) in [6, 6.07) is 20.0. The van der Waals surface area contributed by atoms with E-state index in [1.807, 2.05) is 12.1 Å². The molecule has 2 aromatic carbocycles. The molecule has 3 aliphatic rings. The first-order chi connectivity index (χ1) is 22.4. The maximum absolute atomic E-state index is 14.1. The Balaban J connectivity index is 1.05. The van der Waals surface area contributed by atoms with Gasteiger partial charge in [0.15, 0.2) is 0 Å². The maximum Gasteiger partial charge on any atom is 0.262 e. The maximum atomic E-state index is 14.1. The van der Waals surface area contributed by atoms with Gasteiger partial charge in [0.25, 0.3) is 5.91 Å². The zero-order chi connectivity index (χ0) is 31.9. The molecule has 3 aromatic rings. The van der Waals surface area contributed by atoms with E-state index in [9.17, 15) is 9.59 Å². The number of piperidine rings is 1. The van der Waals surface area contributed by atoms with Gasteiger partial charge in [0, 0.05) is 36.0 Å². The molecule has 2 amide bonds. The summed E-state index contributed by atoms with van der Waals surface area (Å²) >= 11 is 1.51. The molecule has 0 unspecified atom stereocenters. The molecule has 1 saturated carbocycles. The molecular weight excluding hydrogens is 593 g/mol. The van der Waals surface area contributed by atoms with Crippen LogP contribution in [0.1, 0.15) is 85.0 Å². The van der Waals surface area contributed by atoms with Gasteiger partial charge in [0.05, 0.1) is 4.88 Å². The molecule has 3 heterocycles. The number of aryl methyl sites for hydroxylation is 1. The van der Waals surface area contributed by atoms with E-state index in [0.717, 1.165) is 87.9 Å². The molecule has 1 atom stereocenters. The molecule has 46 heavy (non-hydrogen) atoms. The summed E-state index contributed by atoms with van der Waals surface area (Å²) in [6.45, 7) is 7.20. The highest BCUT2D eigenvalue weighted by atomic mass is 32.1. The lowest BCUT2D eigenvalue weighted by Crippen LogP contribution is -2.59. The standard InChI is InChI=1S/C38H52N4O3S/c1-28-12-13-30-27-35(46-34(30)25-28)36(43)40-38(18-6-7-19-38)37(44)39-31(26-29-9-4-3-5-10-29)11-8-20-42-21-14-32(15-22-42)41(2)33-16-23-45-24-17-33/h3-5,9-10,12-13,25,27,31-33H,6-8,11,14-24,26H2,1-2H3,(H,39,44)(H,40,43)/t31-/m0/s1. The highest BCUT2D eigenvalue weighted by molar-refractivity contribution is 7.20. The fourth-order valence-electron chi connectivity index (χ4n) is 7.87. The Labute approximate surface area is 279 Å². The van der Waals surface area contributed by atoms with Crippen LogP contribution in [0.5, 0.6) is 0 Å². The molecule has 0 bridgehead atoms. The summed E-state index contributed by atoms with van der Waals surface area (Å²) in [5, 5.41) is 7.76. The zero-order valence-corrected chi connectivity index (χ0v) is 28.6. The van der Waals surface area contributed by atoms with E-state index in [2.05, 4.69) is 76.9 Å². The molecule has 8 heteroatoms. The molecule has 2 aliphatic heterocycles. The van der Waals surface area contributed by atoms with Gasteiger partial charge in [-0.05, 0) is 120 Å². The van der Waals surface area contributed by atoms with Crippen LogP contribution in [0.4, 0.5) is 0 Å². The van der Waals surface area contributed by atoms with Crippen LogP contribution in [0, 0.1) is 6.92 Å². The Morgan fingerprint density at radius 1 is 1.00 bits per heavy atom. The number of rotatable bonds is 12. The Kier molecular flexibility index (Phi) is 11.1. The lowest BCUT2D eigenvalue weighted by Gasteiger charge is -2.41. The molecule has 7 nitrogen and oxygen atoms in total. The van der Waals surface area contributed by atoms with Crippen molar-refractivity contribution in [3.63, 3.8) is 0 Å². The van der Waals surface area contributed by atoms with Crippen molar-refractivity contribution >= 4 is 33.2 Å². The number of ether oxygens (including phenoxy) is 1. The lowest BCUT2D eigenvalue weighted by atomic mass is 9.93.